The molecule has 4 rings (SSSR count). The zero-order chi connectivity index (χ0) is 13.5. The highest BCUT2D eigenvalue weighted by molar-refractivity contribution is 7.10. The summed E-state index contributed by atoms with van der Waals surface area (Å²) in [6, 6.07) is 3.16. The Labute approximate surface area is 123 Å². The molecule has 0 radical (unpaired) electrons. The first kappa shape index (κ1) is 12.5. The molecule has 106 valence electrons. The predicted octanol–water partition coefficient (Wildman–Crippen LogP) is 3.15. The molecule has 1 aliphatic heterocycles. The minimum Gasteiger partial charge on any atom is -0.300 e. The van der Waals surface area contributed by atoms with Crippen LogP contribution in [0.5, 0.6) is 0 Å². The average Bonchev–Trinajstić information content (AvgIpc) is 3.05. The topological polar surface area (TPSA) is 42.7 Å². The van der Waals surface area contributed by atoms with Crippen LogP contribution in [0.3, 0.4) is 0 Å². The van der Waals surface area contributed by atoms with Gasteiger partial charge in [-0.15, -0.1) is 11.3 Å². The van der Waals surface area contributed by atoms with Gasteiger partial charge in [0, 0.05) is 17.5 Å². The van der Waals surface area contributed by atoms with Crippen molar-refractivity contribution in [3.63, 3.8) is 0 Å². The van der Waals surface area contributed by atoms with Crippen LogP contribution in [0.1, 0.15) is 59.9 Å². The summed E-state index contributed by atoms with van der Waals surface area (Å²) in [7, 11) is 0. The molecule has 0 unspecified atom stereocenters. The summed E-state index contributed by atoms with van der Waals surface area (Å²) < 4.78 is 2.09. The normalized spacial score (nSPS) is 25.2. The van der Waals surface area contributed by atoms with E-state index in [9.17, 15) is 0 Å². The maximum absolute atomic E-state index is 4.63. The molecule has 1 N–H and O–H groups in total. The van der Waals surface area contributed by atoms with Crippen molar-refractivity contribution in [2.45, 2.75) is 57.7 Å². The summed E-state index contributed by atoms with van der Waals surface area (Å²) in [4.78, 5) is 6.21. The van der Waals surface area contributed by atoms with Crippen LogP contribution in [0.2, 0.25) is 0 Å². The van der Waals surface area contributed by atoms with E-state index in [1.807, 2.05) is 18.3 Å². The molecule has 2 aliphatic rings. The number of nitrogens with zero attached hydrogens (tertiary/aromatic N) is 3. The highest BCUT2D eigenvalue weighted by Crippen LogP contribution is 2.36. The summed E-state index contributed by atoms with van der Waals surface area (Å²) in [5, 5.41) is 10.6. The number of nitrogens with one attached hydrogen (secondary N) is 1. The molecule has 2 aromatic rings. The lowest BCUT2D eigenvalue weighted by Gasteiger charge is -2.30. The fraction of sp³-hybridized carbons (Fsp3) is 0.600. The van der Waals surface area contributed by atoms with E-state index < -0.39 is 0 Å². The molecular weight excluding hydrogens is 268 g/mol. The minimum atomic E-state index is 0.362. The molecule has 2 atom stereocenters. The van der Waals surface area contributed by atoms with Gasteiger partial charge in [-0.3, -0.25) is 0 Å². The Bertz CT molecular complexity index is 615. The highest BCUT2D eigenvalue weighted by Gasteiger charge is 2.28. The smallest absolute Gasteiger partial charge is 0.147 e. The van der Waals surface area contributed by atoms with Gasteiger partial charge in [-0.05, 0) is 56.0 Å². The van der Waals surface area contributed by atoms with Crippen LogP contribution in [-0.4, -0.2) is 14.8 Å². The van der Waals surface area contributed by atoms with Crippen LogP contribution in [0, 0.1) is 6.92 Å². The second-order valence-electron chi connectivity index (χ2n) is 5.85. The summed E-state index contributed by atoms with van der Waals surface area (Å²) in [5.74, 6) is 2.03. The van der Waals surface area contributed by atoms with Gasteiger partial charge < -0.3 is 5.32 Å². The van der Waals surface area contributed by atoms with Gasteiger partial charge in [0.25, 0.3) is 0 Å². The molecule has 0 amide bonds. The van der Waals surface area contributed by atoms with Crippen molar-refractivity contribution < 1.29 is 0 Å². The molecule has 3 heterocycles. The van der Waals surface area contributed by atoms with Gasteiger partial charge in [-0.2, -0.15) is 5.10 Å². The third-order valence-corrected chi connectivity index (χ3v) is 5.43. The maximum atomic E-state index is 4.63. The van der Waals surface area contributed by atoms with Crippen molar-refractivity contribution >= 4 is 11.3 Å². The van der Waals surface area contributed by atoms with Crippen molar-refractivity contribution in [2.75, 3.05) is 0 Å². The molecule has 0 aromatic carbocycles. The van der Waals surface area contributed by atoms with E-state index in [1.165, 1.54) is 37.7 Å². The zero-order valence-electron chi connectivity index (χ0n) is 11.8. The summed E-state index contributed by atoms with van der Waals surface area (Å²) in [6.07, 6.45) is 6.16. The summed E-state index contributed by atoms with van der Waals surface area (Å²) >= 11 is 1.91. The van der Waals surface area contributed by atoms with E-state index in [1.54, 1.807) is 4.88 Å². The van der Waals surface area contributed by atoms with Crippen molar-refractivity contribution in [1.29, 1.82) is 0 Å². The number of aryl methyl sites for hydroxylation is 3. The van der Waals surface area contributed by atoms with Crippen molar-refractivity contribution in [3.8, 4) is 0 Å². The third kappa shape index (κ3) is 2.09. The Morgan fingerprint density at radius 2 is 2.20 bits per heavy atom. The monoisotopic (exact) mass is 288 g/mol. The fourth-order valence-electron chi connectivity index (χ4n) is 3.53. The Hall–Kier alpha value is -1.20. The van der Waals surface area contributed by atoms with Crippen LogP contribution < -0.4 is 5.32 Å². The summed E-state index contributed by atoms with van der Waals surface area (Å²) in [5.41, 5.74) is 1.52. The number of aromatic nitrogens is 3. The van der Waals surface area contributed by atoms with Crippen LogP contribution >= 0.6 is 11.3 Å². The molecule has 2 aromatic heterocycles. The maximum Gasteiger partial charge on any atom is 0.147 e. The standard InChI is InChI=1S/C15H20N4S/c1-10-16-15-13(5-3-8-19(15)18-10)17-12-4-2-6-14-11(12)7-9-20-14/h7,9,12-13,17H,2-6,8H2,1H3/t12-,13-/m1/s1. The van der Waals surface area contributed by atoms with Crippen LogP contribution in [0.4, 0.5) is 0 Å². The fourth-order valence-corrected chi connectivity index (χ4v) is 4.52. The molecule has 1 aliphatic carbocycles. The van der Waals surface area contributed by atoms with E-state index >= 15 is 0 Å². The molecule has 0 fully saturated rings. The minimum absolute atomic E-state index is 0.362. The van der Waals surface area contributed by atoms with E-state index in [4.69, 9.17) is 0 Å². The van der Waals surface area contributed by atoms with Crippen LogP contribution in [0.15, 0.2) is 11.4 Å². The second kappa shape index (κ2) is 4.97. The van der Waals surface area contributed by atoms with Gasteiger partial charge in [-0.25, -0.2) is 9.67 Å². The number of thiophene rings is 1. The largest absolute Gasteiger partial charge is 0.300 e. The SMILES string of the molecule is Cc1nc2n(n1)CCC[C@H]2N[C@@H]1CCCc2sccc21. The molecule has 0 spiro atoms. The van der Waals surface area contributed by atoms with Crippen LogP contribution in [0.25, 0.3) is 0 Å². The molecule has 0 saturated carbocycles. The van der Waals surface area contributed by atoms with Crippen molar-refractivity contribution in [3.05, 3.63) is 33.5 Å². The Balaban J connectivity index is 1.59. The number of hydrogen-bond donors (Lipinski definition) is 1. The first-order valence-electron chi connectivity index (χ1n) is 7.55. The van der Waals surface area contributed by atoms with Crippen molar-refractivity contribution in [2.24, 2.45) is 0 Å². The second-order valence-corrected chi connectivity index (χ2v) is 6.85. The van der Waals surface area contributed by atoms with Gasteiger partial charge in [0.2, 0.25) is 0 Å². The number of fused-ring (bicyclic) bond motifs is 2. The molecule has 20 heavy (non-hydrogen) atoms. The summed E-state index contributed by atoms with van der Waals surface area (Å²) in [6.45, 7) is 3.00. The van der Waals surface area contributed by atoms with Gasteiger partial charge in [-0.1, -0.05) is 0 Å². The molecule has 0 saturated heterocycles. The van der Waals surface area contributed by atoms with E-state index in [-0.39, 0.29) is 0 Å². The lowest BCUT2D eigenvalue weighted by molar-refractivity contribution is 0.321. The first-order chi connectivity index (χ1) is 9.81. The first-order valence-corrected chi connectivity index (χ1v) is 8.43. The average molecular weight is 288 g/mol. The Morgan fingerprint density at radius 1 is 1.30 bits per heavy atom. The predicted molar refractivity (Wildman–Crippen MR) is 79.9 cm³/mol. The van der Waals surface area contributed by atoms with Gasteiger partial charge in [0.15, 0.2) is 0 Å². The number of hydrogen-bond acceptors (Lipinski definition) is 4. The van der Waals surface area contributed by atoms with Gasteiger partial charge >= 0.3 is 0 Å². The van der Waals surface area contributed by atoms with E-state index in [0.29, 0.717) is 12.1 Å². The number of rotatable bonds is 2. The lowest BCUT2D eigenvalue weighted by atomic mass is 9.92. The molecule has 0 bridgehead atoms. The quantitative estimate of drug-likeness (QED) is 0.923. The molecular formula is C15H20N4S. The molecule has 5 heteroatoms. The third-order valence-electron chi connectivity index (χ3n) is 4.43. The highest BCUT2D eigenvalue weighted by atomic mass is 32.1. The van der Waals surface area contributed by atoms with Crippen molar-refractivity contribution in [1.82, 2.24) is 20.1 Å². The van der Waals surface area contributed by atoms with E-state index in [2.05, 4.69) is 31.5 Å². The Morgan fingerprint density at radius 3 is 3.15 bits per heavy atom. The lowest BCUT2D eigenvalue weighted by Crippen LogP contribution is -2.33. The Kier molecular flexibility index (Phi) is 3.11. The van der Waals surface area contributed by atoms with Crippen LogP contribution in [-0.2, 0) is 13.0 Å². The van der Waals surface area contributed by atoms with E-state index in [0.717, 1.165) is 18.2 Å². The zero-order valence-corrected chi connectivity index (χ0v) is 12.6. The van der Waals surface area contributed by atoms with Gasteiger partial charge in [0.1, 0.15) is 11.6 Å². The van der Waals surface area contributed by atoms with Gasteiger partial charge in [0.05, 0.1) is 6.04 Å². The molecule has 4 nitrogen and oxygen atoms in total.